The van der Waals surface area contributed by atoms with Crippen LogP contribution in [0.1, 0.15) is 81.2 Å². The zero-order valence-electron chi connectivity index (χ0n) is 65.9. The molecule has 0 aliphatic heterocycles. The Labute approximate surface area is 665 Å². The molecule has 0 fully saturated rings. The second-order valence-electron chi connectivity index (χ2n) is 28.0. The molecule has 19 heteroatoms. The fourth-order valence-electron chi connectivity index (χ4n) is 13.4. The van der Waals surface area contributed by atoms with Crippen LogP contribution in [0.25, 0.3) is 98.1 Å². The molecule has 0 spiro atoms. The Morgan fingerprint density at radius 3 is 1.19 bits per heavy atom. The average molecular weight is 1530 g/mol. The number of aromatic nitrogens is 9. The second kappa shape index (κ2) is 42.7. The molecule has 0 amide bonds. The Bertz CT molecular complexity index is 5600. The quantitative estimate of drug-likeness (QED) is 0.0385. The fraction of sp³-hybridized carbons (Fsp3) is 0.211. The minimum atomic E-state index is -0.979. The van der Waals surface area contributed by atoms with E-state index in [9.17, 15) is 14.4 Å². The number of hydrogen-bond donors (Lipinski definition) is 13. The molecule has 0 radical (unpaired) electrons. The van der Waals surface area contributed by atoms with Crippen molar-refractivity contribution in [3.8, 4) is 0 Å². The second-order valence-corrected chi connectivity index (χ2v) is 28.0. The number of aliphatic carboxylic acids is 1. The molecule has 0 bridgehead atoms. The maximum atomic E-state index is 11.1. The number of benzene rings is 9. The van der Waals surface area contributed by atoms with Crippen LogP contribution in [0.3, 0.4) is 0 Å². The number of carbonyl (C=O) groups is 3. The molecule has 3 atom stereocenters. The molecule has 114 heavy (non-hydrogen) atoms. The van der Waals surface area contributed by atoms with Gasteiger partial charge in [0.2, 0.25) is 0 Å². The van der Waals surface area contributed by atoms with Gasteiger partial charge in [-0.1, -0.05) is 191 Å². The lowest BCUT2D eigenvalue weighted by molar-refractivity contribution is -0.138. The van der Waals surface area contributed by atoms with E-state index >= 15 is 0 Å². The predicted molar refractivity (Wildman–Crippen MR) is 474 cm³/mol. The number of rotatable bonds is 18. The standard InChI is InChI=1S/2C12H14N2O.C11H12N2O2.2C11H13N.C10H12N2.C10H11N.2C9H10N2/c1-8(15)11(13)6-9-7-14-12-5-3-2-4-10(9)12;1-8(15)11(13)7-10-6-9-4-2-3-5-12(9)14-10;12-9(11(14)15)7-13-6-5-8-3-1-2-4-10(8)13;1-2-8-12-9-7-10-5-3-4-6-11(10)12;1-2-5-9-8-12-11-7-4-3-6-10(9)11;11-6-5-9-7-8-3-1-2-4-10(8)12-9;1-2-9-7-8-5-3-4-6-10(8)11-9;10-5-7-6-11-9-4-2-1-3-8(7)9;10-7-11-6-5-8-3-1-2-4-9(8)11/h2-5,7,11,14H,6,13H2,1H3;2-6,11,14H,7,13H2,1H3;1-6,9H,7,12H2,(H,14,15);3-7,9H,2,8H2,1H3;3-4,6-8,12H,2,5H2,1H3;1-4,7,12H,5-6,11H2;3-7,11H,2H2,1H3;1-4,6,11H,5,10H2;1-6H,7,10H2. The third-order valence-corrected chi connectivity index (χ3v) is 19.7. The van der Waals surface area contributed by atoms with E-state index in [0.29, 0.717) is 39.1 Å². The molecular formula is C95H109N15O4. The van der Waals surface area contributed by atoms with Gasteiger partial charge < -0.3 is 83.1 Å². The van der Waals surface area contributed by atoms with Crippen LogP contribution in [0, 0.1) is 0 Å². The minimum absolute atomic E-state index is 0.0219. The summed E-state index contributed by atoms with van der Waals surface area (Å²) in [4.78, 5) is 52.2. The Morgan fingerprint density at radius 1 is 0.377 bits per heavy atom. The first-order chi connectivity index (χ1) is 55.5. The van der Waals surface area contributed by atoms with Gasteiger partial charge in [0.05, 0.1) is 18.8 Å². The van der Waals surface area contributed by atoms with E-state index in [1.165, 1.54) is 116 Å². The van der Waals surface area contributed by atoms with Crippen LogP contribution in [-0.4, -0.2) is 90.9 Å². The highest BCUT2D eigenvalue weighted by Gasteiger charge is 2.15. The third-order valence-electron chi connectivity index (χ3n) is 19.7. The monoisotopic (exact) mass is 1520 g/mol. The summed E-state index contributed by atoms with van der Waals surface area (Å²) in [7, 11) is 0. The molecule has 0 aliphatic rings. The molecule has 0 saturated heterocycles. The van der Waals surface area contributed by atoms with Gasteiger partial charge in [0.15, 0.2) is 0 Å². The Kier molecular flexibility index (Phi) is 31.4. The predicted octanol–water partition coefficient (Wildman–Crippen LogP) is 18.1. The number of nitrogens with two attached hydrogens (primary N) is 6. The van der Waals surface area contributed by atoms with Gasteiger partial charge in [-0.2, -0.15) is 0 Å². The lowest BCUT2D eigenvalue weighted by Gasteiger charge is -2.08. The fourth-order valence-corrected chi connectivity index (χ4v) is 13.4. The molecule has 0 aliphatic carbocycles. The SMILES string of the molecule is CC(=O)C(N)Cc1c[nH]c2ccccc12.CC(=O)C(N)Cc1cc2ccccc2[nH]1.CCCc1c[nH]c2ccccc12.CCCn1ccc2ccccc21.CCc1cc2ccccc2[nH]1.NC(Cn1ccc2ccccc21)C(=O)O.NCCc1cc2ccccc2[nH]1.NCc1c[nH]c2ccccc12.NCn1ccc2ccccc21. The molecule has 9 aromatic carbocycles. The van der Waals surface area contributed by atoms with Gasteiger partial charge in [0, 0.05) is 146 Å². The van der Waals surface area contributed by atoms with Gasteiger partial charge in [0.1, 0.15) is 17.6 Å². The lowest BCUT2D eigenvalue weighted by Crippen LogP contribution is -2.34. The van der Waals surface area contributed by atoms with Crippen molar-refractivity contribution in [2.45, 2.75) is 124 Å². The Morgan fingerprint density at radius 2 is 0.746 bits per heavy atom. The number of ketones is 2. The van der Waals surface area contributed by atoms with Gasteiger partial charge in [-0.05, 0) is 192 Å². The normalized spacial score (nSPS) is 11.6. The molecule has 0 saturated carbocycles. The third kappa shape index (κ3) is 23.3. The van der Waals surface area contributed by atoms with Crippen LogP contribution < -0.4 is 34.4 Å². The van der Waals surface area contributed by atoms with E-state index in [1.807, 2.05) is 155 Å². The van der Waals surface area contributed by atoms with E-state index in [1.54, 1.807) is 0 Å². The molecule has 9 heterocycles. The average Bonchev–Trinajstić information content (AvgIpc) is 1.54. The highest BCUT2D eigenvalue weighted by atomic mass is 16.4. The number of aromatic amines is 6. The molecule has 9 aromatic heterocycles. The van der Waals surface area contributed by atoms with E-state index in [-0.39, 0.29) is 11.6 Å². The van der Waals surface area contributed by atoms with Crippen LogP contribution in [0.4, 0.5) is 0 Å². The summed E-state index contributed by atoms with van der Waals surface area (Å²) in [5.41, 5.74) is 51.3. The van der Waals surface area contributed by atoms with Crippen molar-refractivity contribution >= 4 is 116 Å². The molecular weight excluding hydrogens is 1420 g/mol. The summed E-state index contributed by atoms with van der Waals surface area (Å²) >= 11 is 0. The number of fused-ring (bicyclic) bond motifs is 9. The maximum absolute atomic E-state index is 11.1. The van der Waals surface area contributed by atoms with Gasteiger partial charge >= 0.3 is 5.97 Å². The number of Topliss-reactive ketones (excluding diaryl/α,β-unsaturated/α-hetero) is 2. The van der Waals surface area contributed by atoms with Crippen molar-refractivity contribution in [1.29, 1.82) is 0 Å². The number of hydrogen-bond acceptors (Lipinski definition) is 9. The van der Waals surface area contributed by atoms with Crippen LogP contribution >= 0.6 is 0 Å². The summed E-state index contributed by atoms with van der Waals surface area (Å²) in [5, 5.41) is 19.9. The van der Waals surface area contributed by atoms with Gasteiger partial charge in [-0.15, -0.1) is 0 Å². The van der Waals surface area contributed by atoms with Gasteiger partial charge in [0.25, 0.3) is 0 Å². The first-order valence-electron chi connectivity index (χ1n) is 39.1. The number of H-pyrrole nitrogens is 6. The van der Waals surface area contributed by atoms with E-state index in [4.69, 9.17) is 39.5 Å². The summed E-state index contributed by atoms with van der Waals surface area (Å²) in [6.45, 7) is 12.9. The molecule has 19 nitrogen and oxygen atoms in total. The topological polar surface area (TPSA) is 337 Å². The van der Waals surface area contributed by atoms with Crippen molar-refractivity contribution < 1.29 is 19.5 Å². The van der Waals surface area contributed by atoms with E-state index < -0.39 is 24.1 Å². The highest BCUT2D eigenvalue weighted by molar-refractivity contribution is 5.89. The van der Waals surface area contributed by atoms with E-state index in [0.717, 1.165) is 68.9 Å². The number of nitrogens with one attached hydrogen (secondary N) is 6. The number of para-hydroxylation sites is 9. The molecule has 18 rings (SSSR count). The highest BCUT2D eigenvalue weighted by Crippen LogP contribution is 2.24. The molecule has 19 N–H and O–H groups in total. The smallest absolute Gasteiger partial charge is 0.322 e. The van der Waals surface area contributed by atoms with Crippen molar-refractivity contribution in [1.82, 2.24) is 43.6 Å². The van der Waals surface area contributed by atoms with Crippen LogP contribution in [-0.2, 0) is 72.8 Å². The zero-order valence-corrected chi connectivity index (χ0v) is 65.9. The van der Waals surface area contributed by atoms with E-state index in [2.05, 4.69) is 201 Å². The lowest BCUT2D eigenvalue weighted by atomic mass is 10.0. The van der Waals surface area contributed by atoms with Crippen LogP contribution in [0.15, 0.2) is 292 Å². The Balaban J connectivity index is 0.000000136. The minimum Gasteiger partial charge on any atom is -0.480 e. The maximum Gasteiger partial charge on any atom is 0.322 e. The number of carbonyl (C=O) groups excluding carboxylic acids is 2. The first-order valence-corrected chi connectivity index (χ1v) is 39.1. The van der Waals surface area contributed by atoms with Gasteiger partial charge in [-0.25, -0.2) is 0 Å². The molecule has 18 aromatic rings. The number of carboxylic acids is 1. The number of nitrogens with zero attached hydrogens (tertiary/aromatic N) is 3. The largest absolute Gasteiger partial charge is 0.480 e. The van der Waals surface area contributed by atoms with Crippen molar-refractivity contribution in [2.75, 3.05) is 6.54 Å². The summed E-state index contributed by atoms with van der Waals surface area (Å²) < 4.78 is 6.18. The molecule has 588 valence electrons. The summed E-state index contributed by atoms with van der Waals surface area (Å²) in [6, 6.07) is 84.7. The number of carboxylic acid groups (broad SMARTS) is 1. The first kappa shape index (κ1) is 83.9. The van der Waals surface area contributed by atoms with Crippen LogP contribution in [0.2, 0.25) is 0 Å². The van der Waals surface area contributed by atoms with Gasteiger partial charge in [-0.3, -0.25) is 14.4 Å². The Hall–Kier alpha value is -12.6. The summed E-state index contributed by atoms with van der Waals surface area (Å²) in [5.74, 6) is -0.929. The summed E-state index contributed by atoms with van der Waals surface area (Å²) in [6.07, 6.45) is 18.8. The number of aryl methyl sites for hydroxylation is 3. The van der Waals surface area contributed by atoms with Crippen molar-refractivity contribution in [3.63, 3.8) is 0 Å². The van der Waals surface area contributed by atoms with Crippen molar-refractivity contribution in [3.05, 3.63) is 326 Å². The van der Waals surface area contributed by atoms with Crippen LogP contribution in [0.5, 0.6) is 0 Å². The van der Waals surface area contributed by atoms with Crippen molar-refractivity contribution in [2.24, 2.45) is 34.4 Å². The zero-order chi connectivity index (χ0) is 80.7. The molecule has 3 unspecified atom stereocenters.